The largest absolute Gasteiger partial charge is 0.478 e. The van der Waals surface area contributed by atoms with Gasteiger partial charge in [-0.1, -0.05) is 8.98 Å². The van der Waals surface area contributed by atoms with Crippen LogP contribution in [0, 0.1) is 0 Å². The quantitative estimate of drug-likeness (QED) is 0.805. The molecule has 0 saturated heterocycles. The Kier molecular flexibility index (Phi) is 2.79. The maximum absolute atomic E-state index is 10.9. The molecule has 76 valence electrons. The average molecular weight is 240 g/mol. The van der Waals surface area contributed by atoms with Crippen molar-refractivity contribution < 1.29 is 9.90 Å². The van der Waals surface area contributed by atoms with E-state index in [1.54, 1.807) is 10.8 Å². The fourth-order valence-corrected chi connectivity index (χ4v) is 1.78. The van der Waals surface area contributed by atoms with Crippen molar-refractivity contribution in [3.05, 3.63) is 22.1 Å². The van der Waals surface area contributed by atoms with Crippen molar-refractivity contribution in [3.8, 4) is 0 Å². The second kappa shape index (κ2) is 4.24. The molecule has 0 aromatic carbocycles. The molecule has 1 N–H and O–H groups in total. The van der Waals surface area contributed by atoms with Gasteiger partial charge in [-0.05, 0) is 29.1 Å². The van der Waals surface area contributed by atoms with Crippen molar-refractivity contribution in [2.45, 2.75) is 0 Å². The third-order valence-electron chi connectivity index (χ3n) is 1.54. The van der Waals surface area contributed by atoms with E-state index >= 15 is 0 Å². The van der Waals surface area contributed by atoms with Crippen molar-refractivity contribution >= 4 is 40.7 Å². The Morgan fingerprint density at radius 2 is 2.00 bits per heavy atom. The summed E-state index contributed by atoms with van der Waals surface area (Å²) in [6.45, 7) is 0. The minimum atomic E-state index is -1.06. The molecule has 2 aromatic rings. The Labute approximate surface area is 92.2 Å². The zero-order valence-electron chi connectivity index (χ0n) is 7.19. The van der Waals surface area contributed by atoms with Crippen LogP contribution in [0.15, 0.2) is 10.8 Å². The first-order valence-electron chi connectivity index (χ1n) is 3.77. The van der Waals surface area contributed by atoms with Gasteiger partial charge in [0.1, 0.15) is 5.69 Å². The number of carbonyl (C=O) groups is 1. The normalized spacial score (nSPS) is 11.6. The molecule has 0 atom stereocenters. The summed E-state index contributed by atoms with van der Waals surface area (Å²) in [5, 5.41) is 19.6. The van der Waals surface area contributed by atoms with Gasteiger partial charge in [-0.2, -0.15) is 0 Å². The van der Waals surface area contributed by atoms with E-state index in [4.69, 9.17) is 5.11 Å². The lowest BCUT2D eigenvalue weighted by atomic mass is 10.2. The van der Waals surface area contributed by atoms with Crippen LogP contribution in [0.5, 0.6) is 0 Å². The fraction of sp³-hybridized carbons (Fsp3) is 0. The molecule has 0 aliphatic carbocycles. The number of hydrogen-bond donors (Lipinski definition) is 1. The molecule has 2 heterocycles. The molecule has 0 amide bonds. The predicted octanol–water partition coefficient (Wildman–Crippen LogP) is 1.01. The molecular weight excluding hydrogens is 236 g/mol. The van der Waals surface area contributed by atoms with Crippen molar-refractivity contribution in [1.82, 2.24) is 19.2 Å². The Bertz CT molecular complexity index is 477. The molecule has 0 fully saturated rings. The van der Waals surface area contributed by atoms with E-state index in [0.29, 0.717) is 11.4 Å². The van der Waals surface area contributed by atoms with Gasteiger partial charge in [-0.15, -0.1) is 10.2 Å². The lowest BCUT2D eigenvalue weighted by molar-refractivity contribution is -0.130. The molecule has 6 nitrogen and oxygen atoms in total. The molecule has 2 aromatic heterocycles. The average Bonchev–Trinajstić information content (AvgIpc) is 2.87. The maximum atomic E-state index is 10.9. The Morgan fingerprint density at radius 3 is 2.53 bits per heavy atom. The third-order valence-corrected chi connectivity index (χ3v) is 2.56. The van der Waals surface area contributed by atoms with Gasteiger partial charge >= 0.3 is 5.97 Å². The van der Waals surface area contributed by atoms with Crippen LogP contribution >= 0.6 is 23.1 Å². The van der Waals surface area contributed by atoms with Crippen molar-refractivity contribution in [1.29, 1.82) is 0 Å². The van der Waals surface area contributed by atoms with Crippen LogP contribution in [0.4, 0.5) is 0 Å². The summed E-state index contributed by atoms with van der Waals surface area (Å²) in [6, 6.07) is 0. The smallest absolute Gasteiger partial charge is 0.338 e. The highest BCUT2D eigenvalue weighted by atomic mass is 32.1. The molecule has 0 aliphatic rings. The van der Waals surface area contributed by atoms with Gasteiger partial charge in [0.05, 0.1) is 11.3 Å². The topological polar surface area (TPSA) is 88.9 Å². The Hall–Kier alpha value is -1.67. The van der Waals surface area contributed by atoms with E-state index in [2.05, 4.69) is 19.2 Å². The number of aromatic nitrogens is 4. The molecule has 8 heteroatoms. The third kappa shape index (κ3) is 2.22. The van der Waals surface area contributed by atoms with Crippen LogP contribution in [-0.2, 0) is 4.79 Å². The van der Waals surface area contributed by atoms with Crippen LogP contribution in [0.2, 0.25) is 0 Å². The number of carboxylic acid groups (broad SMARTS) is 1. The van der Waals surface area contributed by atoms with E-state index in [9.17, 15) is 4.79 Å². The monoisotopic (exact) mass is 240 g/mol. The minimum Gasteiger partial charge on any atom is -0.478 e. The van der Waals surface area contributed by atoms with Crippen LogP contribution < -0.4 is 0 Å². The molecule has 0 unspecified atom stereocenters. The predicted molar refractivity (Wildman–Crippen MR) is 55.3 cm³/mol. The van der Waals surface area contributed by atoms with Crippen LogP contribution in [0.3, 0.4) is 0 Å². The van der Waals surface area contributed by atoms with Crippen molar-refractivity contribution in [2.75, 3.05) is 0 Å². The first-order valence-corrected chi connectivity index (χ1v) is 5.44. The summed E-state index contributed by atoms with van der Waals surface area (Å²) in [5.74, 6) is -1.06. The molecule has 0 saturated carbocycles. The highest BCUT2D eigenvalue weighted by molar-refractivity contribution is 7.03. The minimum absolute atomic E-state index is 0.0662. The van der Waals surface area contributed by atoms with Crippen LogP contribution in [-0.4, -0.2) is 30.2 Å². The fourth-order valence-electron chi connectivity index (χ4n) is 0.910. The van der Waals surface area contributed by atoms with Gasteiger partial charge in [0.15, 0.2) is 0 Å². The second-order valence-electron chi connectivity index (χ2n) is 2.48. The first-order chi connectivity index (χ1) is 7.27. The van der Waals surface area contributed by atoms with Gasteiger partial charge in [0, 0.05) is 10.8 Å². The van der Waals surface area contributed by atoms with E-state index in [-0.39, 0.29) is 5.57 Å². The zero-order chi connectivity index (χ0) is 10.7. The lowest BCUT2D eigenvalue weighted by Crippen LogP contribution is -2.00. The van der Waals surface area contributed by atoms with Crippen molar-refractivity contribution in [2.24, 2.45) is 0 Å². The molecule has 0 aliphatic heterocycles. The number of nitrogens with zero attached hydrogens (tertiary/aromatic N) is 4. The summed E-state index contributed by atoms with van der Waals surface area (Å²) in [7, 11) is 0. The van der Waals surface area contributed by atoms with Gasteiger partial charge in [-0.25, -0.2) is 4.79 Å². The Morgan fingerprint density at radius 1 is 1.27 bits per heavy atom. The number of aliphatic carboxylic acids is 1. The highest BCUT2D eigenvalue weighted by Crippen LogP contribution is 2.16. The molecule has 0 spiro atoms. The maximum Gasteiger partial charge on any atom is 0.338 e. The van der Waals surface area contributed by atoms with Gasteiger partial charge in [0.2, 0.25) is 0 Å². The number of rotatable bonds is 3. The standard InChI is InChI=1S/C7H4N4O2S2/c12-7(13)5(6-3-15-11-9-6)1-4-2-14-10-8-4/h1-3H,(H,12,13). The highest BCUT2D eigenvalue weighted by Gasteiger charge is 2.13. The number of carboxylic acids is 1. The Balaban J connectivity index is 2.41. The van der Waals surface area contributed by atoms with Gasteiger partial charge < -0.3 is 5.11 Å². The lowest BCUT2D eigenvalue weighted by Gasteiger charge is -1.94. The van der Waals surface area contributed by atoms with Gasteiger partial charge in [-0.3, -0.25) is 0 Å². The van der Waals surface area contributed by atoms with Crippen LogP contribution in [0.1, 0.15) is 11.4 Å². The molecule has 15 heavy (non-hydrogen) atoms. The second-order valence-corrected chi connectivity index (χ2v) is 3.70. The summed E-state index contributed by atoms with van der Waals surface area (Å²) in [4.78, 5) is 10.9. The van der Waals surface area contributed by atoms with E-state index < -0.39 is 5.97 Å². The summed E-state index contributed by atoms with van der Waals surface area (Å²) in [5.41, 5.74) is 0.905. The molecule has 2 rings (SSSR count). The summed E-state index contributed by atoms with van der Waals surface area (Å²) in [6.07, 6.45) is 1.42. The molecule has 0 radical (unpaired) electrons. The SMILES string of the molecule is O=C(O)C(=Cc1csnn1)c1csnn1. The summed E-state index contributed by atoms with van der Waals surface area (Å²) >= 11 is 2.26. The van der Waals surface area contributed by atoms with Gasteiger partial charge in [0.25, 0.3) is 0 Å². The molecular formula is C7H4N4O2S2. The summed E-state index contributed by atoms with van der Waals surface area (Å²) < 4.78 is 7.25. The van der Waals surface area contributed by atoms with E-state index in [1.165, 1.54) is 6.08 Å². The molecule has 0 bridgehead atoms. The van der Waals surface area contributed by atoms with Crippen LogP contribution in [0.25, 0.3) is 11.6 Å². The zero-order valence-corrected chi connectivity index (χ0v) is 8.83. The van der Waals surface area contributed by atoms with E-state index in [1.807, 2.05) is 0 Å². The van der Waals surface area contributed by atoms with E-state index in [0.717, 1.165) is 23.1 Å². The number of hydrogen-bond acceptors (Lipinski definition) is 7. The first kappa shape index (κ1) is 9.87. The van der Waals surface area contributed by atoms with Crippen molar-refractivity contribution in [3.63, 3.8) is 0 Å².